The van der Waals surface area contributed by atoms with Gasteiger partial charge in [0, 0.05) is 0 Å². The van der Waals surface area contributed by atoms with Crippen molar-refractivity contribution >= 4 is 27.8 Å². The number of ether oxygens (including phenoxy) is 1. The number of amides is 1. The van der Waals surface area contributed by atoms with E-state index in [-0.39, 0.29) is 12.1 Å². The zero-order chi connectivity index (χ0) is 17.7. The minimum Gasteiger partial charge on any atom is -0.494 e. The van der Waals surface area contributed by atoms with Crippen LogP contribution in [0.1, 0.15) is 34.1 Å². The molecule has 0 spiro atoms. The van der Waals surface area contributed by atoms with Gasteiger partial charge in [0.05, 0.1) is 19.6 Å². The first kappa shape index (κ1) is 17.9. The smallest absolute Gasteiger partial charge is 0.305 e. The molecule has 2 rings (SSSR count). The second-order valence-electron chi connectivity index (χ2n) is 5.22. The highest BCUT2D eigenvalue weighted by atomic mass is 79.9. The Balaban J connectivity index is 2.22. The van der Waals surface area contributed by atoms with E-state index in [0.29, 0.717) is 10.4 Å². The van der Waals surface area contributed by atoms with E-state index in [1.165, 1.54) is 13.2 Å². The normalized spacial score (nSPS) is 11.6. The van der Waals surface area contributed by atoms with E-state index in [0.717, 1.165) is 11.1 Å². The summed E-state index contributed by atoms with van der Waals surface area (Å²) in [5.41, 5.74) is 1.95. The monoisotopic (exact) mass is 392 g/mol. The van der Waals surface area contributed by atoms with Crippen molar-refractivity contribution in [3.63, 3.8) is 0 Å². The molecule has 0 aliphatic carbocycles. The average Bonchev–Trinajstić information content (AvgIpc) is 2.54. The Morgan fingerprint density at radius 3 is 2.46 bits per heavy atom. The fourth-order valence-corrected chi connectivity index (χ4v) is 2.64. The lowest BCUT2D eigenvalue weighted by molar-refractivity contribution is -0.137. The maximum absolute atomic E-state index is 12.4. The van der Waals surface area contributed by atoms with Crippen LogP contribution in [0.25, 0.3) is 0 Å². The number of aliphatic carboxylic acids is 1. The third-order valence-electron chi connectivity index (χ3n) is 3.43. The molecule has 0 fully saturated rings. The SMILES string of the molecule is COc1ccc(C(=O)N[C@@H](CC(=O)O)c2ccc(C)cc2)nc1Br. The highest BCUT2D eigenvalue weighted by Gasteiger charge is 2.20. The van der Waals surface area contributed by atoms with Crippen LogP contribution in [-0.2, 0) is 4.79 Å². The number of nitrogens with zero attached hydrogens (tertiary/aromatic N) is 1. The minimum absolute atomic E-state index is 0.171. The number of hydrogen-bond acceptors (Lipinski definition) is 4. The summed E-state index contributed by atoms with van der Waals surface area (Å²) in [5.74, 6) is -0.943. The molecule has 0 bridgehead atoms. The van der Waals surface area contributed by atoms with Crippen LogP contribution in [0, 0.1) is 6.92 Å². The number of carboxylic acids is 1. The standard InChI is InChI=1S/C17H17BrN2O4/c1-10-3-5-11(6-4-10)13(9-15(21)22)20-17(23)12-7-8-14(24-2)16(18)19-12/h3-8,13H,9H2,1-2H3,(H,20,23)(H,21,22)/t13-/m0/s1. The van der Waals surface area contributed by atoms with Gasteiger partial charge in [-0.15, -0.1) is 0 Å². The molecule has 1 aromatic heterocycles. The number of methoxy groups -OCH3 is 1. The Morgan fingerprint density at radius 2 is 1.92 bits per heavy atom. The van der Waals surface area contributed by atoms with Gasteiger partial charge in [0.1, 0.15) is 10.3 Å². The van der Waals surface area contributed by atoms with Crippen LogP contribution in [0.4, 0.5) is 0 Å². The molecule has 1 heterocycles. The topological polar surface area (TPSA) is 88.5 Å². The molecule has 1 aromatic carbocycles. The van der Waals surface area contributed by atoms with Crippen LogP contribution >= 0.6 is 15.9 Å². The first-order valence-corrected chi connectivity index (χ1v) is 7.99. The second-order valence-corrected chi connectivity index (χ2v) is 5.98. The van der Waals surface area contributed by atoms with Crippen molar-refractivity contribution in [2.45, 2.75) is 19.4 Å². The predicted molar refractivity (Wildman–Crippen MR) is 92.1 cm³/mol. The maximum Gasteiger partial charge on any atom is 0.305 e. The van der Waals surface area contributed by atoms with E-state index in [4.69, 9.17) is 9.84 Å². The molecule has 1 amide bonds. The molecule has 7 heteroatoms. The molecular weight excluding hydrogens is 376 g/mol. The van der Waals surface area contributed by atoms with E-state index in [1.807, 2.05) is 19.1 Å². The lowest BCUT2D eigenvalue weighted by Gasteiger charge is -2.17. The Labute approximate surface area is 148 Å². The Kier molecular flexibility index (Phi) is 5.92. The summed E-state index contributed by atoms with van der Waals surface area (Å²) in [7, 11) is 1.50. The van der Waals surface area contributed by atoms with Gasteiger partial charge in [-0.2, -0.15) is 0 Å². The van der Waals surface area contributed by atoms with Gasteiger partial charge in [-0.1, -0.05) is 29.8 Å². The van der Waals surface area contributed by atoms with Crippen LogP contribution in [-0.4, -0.2) is 29.1 Å². The fourth-order valence-electron chi connectivity index (χ4n) is 2.16. The minimum atomic E-state index is -0.996. The zero-order valence-electron chi connectivity index (χ0n) is 13.2. The molecule has 2 N–H and O–H groups in total. The lowest BCUT2D eigenvalue weighted by atomic mass is 10.0. The Bertz CT molecular complexity index is 747. The van der Waals surface area contributed by atoms with Gasteiger partial charge in [-0.25, -0.2) is 4.98 Å². The van der Waals surface area contributed by atoms with E-state index in [2.05, 4.69) is 26.2 Å². The van der Waals surface area contributed by atoms with Crippen molar-refractivity contribution in [3.05, 3.63) is 57.8 Å². The molecular formula is C17H17BrN2O4. The lowest BCUT2D eigenvalue weighted by Crippen LogP contribution is -2.30. The number of halogens is 1. The number of hydrogen-bond donors (Lipinski definition) is 2. The number of carbonyl (C=O) groups is 2. The quantitative estimate of drug-likeness (QED) is 0.737. The van der Waals surface area contributed by atoms with Gasteiger partial charge in [0.2, 0.25) is 0 Å². The second kappa shape index (κ2) is 7.92. The number of aromatic nitrogens is 1. The van der Waals surface area contributed by atoms with Crippen LogP contribution in [0.2, 0.25) is 0 Å². The molecule has 24 heavy (non-hydrogen) atoms. The number of pyridine rings is 1. The summed E-state index contributed by atoms with van der Waals surface area (Å²) < 4.78 is 5.48. The number of rotatable bonds is 6. The van der Waals surface area contributed by atoms with Crippen LogP contribution in [0.3, 0.4) is 0 Å². The molecule has 0 radical (unpaired) electrons. The molecule has 0 aliphatic heterocycles. The van der Waals surface area contributed by atoms with Gasteiger partial charge in [0.25, 0.3) is 5.91 Å². The van der Waals surface area contributed by atoms with Gasteiger partial charge < -0.3 is 15.2 Å². The number of aryl methyl sites for hydroxylation is 1. The Hall–Kier alpha value is -2.41. The highest BCUT2D eigenvalue weighted by molar-refractivity contribution is 9.10. The van der Waals surface area contributed by atoms with Crippen molar-refractivity contribution < 1.29 is 19.4 Å². The number of carboxylic acid groups (broad SMARTS) is 1. The maximum atomic E-state index is 12.4. The van der Waals surface area contributed by atoms with Crippen LogP contribution in [0.5, 0.6) is 5.75 Å². The van der Waals surface area contributed by atoms with E-state index >= 15 is 0 Å². The number of carbonyl (C=O) groups excluding carboxylic acids is 1. The van der Waals surface area contributed by atoms with Crippen molar-refractivity contribution in [2.75, 3.05) is 7.11 Å². The summed E-state index contributed by atoms with van der Waals surface area (Å²) in [6, 6.07) is 9.85. The molecule has 0 saturated carbocycles. The molecule has 0 aliphatic rings. The molecule has 126 valence electrons. The number of benzene rings is 1. The summed E-state index contributed by atoms with van der Waals surface area (Å²) in [4.78, 5) is 27.6. The summed E-state index contributed by atoms with van der Waals surface area (Å²) in [6.07, 6.45) is -0.216. The van der Waals surface area contributed by atoms with Crippen LogP contribution < -0.4 is 10.1 Å². The highest BCUT2D eigenvalue weighted by Crippen LogP contribution is 2.23. The first-order chi connectivity index (χ1) is 11.4. The third-order valence-corrected chi connectivity index (χ3v) is 4.00. The van der Waals surface area contributed by atoms with E-state index < -0.39 is 17.9 Å². The molecule has 1 atom stereocenters. The Morgan fingerprint density at radius 1 is 1.25 bits per heavy atom. The summed E-state index contributed by atoms with van der Waals surface area (Å²) in [6.45, 7) is 1.94. The molecule has 2 aromatic rings. The van der Waals surface area contributed by atoms with Crippen molar-refractivity contribution in [2.24, 2.45) is 0 Å². The average molecular weight is 393 g/mol. The summed E-state index contributed by atoms with van der Waals surface area (Å²) in [5, 5.41) is 11.8. The predicted octanol–water partition coefficient (Wildman–Crippen LogP) is 3.11. The largest absolute Gasteiger partial charge is 0.494 e. The van der Waals surface area contributed by atoms with Gasteiger partial charge in [-0.05, 0) is 40.5 Å². The van der Waals surface area contributed by atoms with Gasteiger partial charge in [0.15, 0.2) is 5.75 Å². The number of nitrogens with one attached hydrogen (secondary N) is 1. The first-order valence-electron chi connectivity index (χ1n) is 7.20. The summed E-state index contributed by atoms with van der Waals surface area (Å²) >= 11 is 3.22. The van der Waals surface area contributed by atoms with Crippen molar-refractivity contribution in [1.29, 1.82) is 0 Å². The van der Waals surface area contributed by atoms with Crippen molar-refractivity contribution in [1.82, 2.24) is 10.3 Å². The van der Waals surface area contributed by atoms with E-state index in [1.54, 1.807) is 18.2 Å². The molecule has 6 nitrogen and oxygen atoms in total. The van der Waals surface area contributed by atoms with Crippen LogP contribution in [0.15, 0.2) is 41.0 Å². The third kappa shape index (κ3) is 4.55. The van der Waals surface area contributed by atoms with E-state index in [9.17, 15) is 9.59 Å². The zero-order valence-corrected chi connectivity index (χ0v) is 14.8. The fraction of sp³-hybridized carbons (Fsp3) is 0.235. The van der Waals surface area contributed by atoms with Gasteiger partial charge >= 0.3 is 5.97 Å². The van der Waals surface area contributed by atoms with Crippen molar-refractivity contribution in [3.8, 4) is 5.75 Å². The molecule has 0 saturated heterocycles. The molecule has 0 unspecified atom stereocenters. The van der Waals surface area contributed by atoms with Gasteiger partial charge in [-0.3, -0.25) is 9.59 Å².